The van der Waals surface area contributed by atoms with E-state index in [0.717, 1.165) is 5.56 Å². The Kier molecular flexibility index (Phi) is 3.64. The third-order valence-corrected chi connectivity index (χ3v) is 3.17. The van der Waals surface area contributed by atoms with Crippen LogP contribution in [-0.2, 0) is 14.8 Å². The van der Waals surface area contributed by atoms with E-state index in [2.05, 4.69) is 4.98 Å². The van der Waals surface area contributed by atoms with Crippen molar-refractivity contribution in [2.75, 3.05) is 0 Å². The van der Waals surface area contributed by atoms with Crippen molar-refractivity contribution in [3.8, 4) is 0 Å². The topological polar surface area (TPSA) is 76.1 Å². The van der Waals surface area contributed by atoms with Crippen molar-refractivity contribution in [1.82, 2.24) is 9.71 Å². The Hall–Kier alpha value is -1.43. The van der Waals surface area contributed by atoms with E-state index in [4.69, 9.17) is 0 Å². The largest absolute Gasteiger partial charge is 0.281 e. The monoisotopic (exact) mass is 242 g/mol. The van der Waals surface area contributed by atoms with Gasteiger partial charge in [0, 0.05) is 12.1 Å². The summed E-state index contributed by atoms with van der Waals surface area (Å²) < 4.78 is 25.4. The Bertz CT molecular complexity index is 495. The molecule has 0 radical (unpaired) electrons. The van der Waals surface area contributed by atoms with Crippen molar-refractivity contribution in [1.29, 1.82) is 0 Å². The molecule has 1 amide bonds. The molecule has 6 heteroatoms. The fourth-order valence-corrected chi connectivity index (χ4v) is 2.10. The summed E-state index contributed by atoms with van der Waals surface area (Å²) in [5.41, 5.74) is 0.771. The molecule has 1 aromatic heterocycles. The lowest BCUT2D eigenvalue weighted by Gasteiger charge is -2.08. The van der Waals surface area contributed by atoms with Gasteiger partial charge in [-0.25, -0.2) is 9.71 Å². The van der Waals surface area contributed by atoms with Gasteiger partial charge >= 0.3 is 0 Å². The van der Waals surface area contributed by atoms with E-state index in [1.807, 2.05) is 4.72 Å². The van der Waals surface area contributed by atoms with E-state index in [-0.39, 0.29) is 10.9 Å². The quantitative estimate of drug-likeness (QED) is 0.852. The van der Waals surface area contributed by atoms with Crippen molar-refractivity contribution in [2.24, 2.45) is 5.92 Å². The maximum atomic E-state index is 11.7. The number of nitrogens with zero attached hydrogens (tertiary/aromatic N) is 1. The number of hydrogen-bond acceptors (Lipinski definition) is 4. The van der Waals surface area contributed by atoms with Crippen LogP contribution >= 0.6 is 0 Å². The second kappa shape index (κ2) is 4.61. The molecule has 0 unspecified atom stereocenters. The molecule has 0 saturated carbocycles. The van der Waals surface area contributed by atoms with Crippen molar-refractivity contribution in [2.45, 2.75) is 25.8 Å². The van der Waals surface area contributed by atoms with Crippen LogP contribution in [0.3, 0.4) is 0 Å². The number of carbonyl (C=O) groups excluding carboxylic acids is 1. The Morgan fingerprint density at radius 2 is 2.06 bits per heavy atom. The summed E-state index contributed by atoms with van der Waals surface area (Å²) in [7, 11) is -3.84. The van der Waals surface area contributed by atoms with Crippen molar-refractivity contribution in [3.05, 3.63) is 23.9 Å². The highest BCUT2D eigenvalue weighted by Crippen LogP contribution is 2.07. The Balaban J connectivity index is 2.99. The Labute approximate surface area is 94.9 Å². The number of pyridine rings is 1. The van der Waals surface area contributed by atoms with Crippen molar-refractivity contribution >= 4 is 15.9 Å². The minimum Gasteiger partial charge on any atom is -0.274 e. The van der Waals surface area contributed by atoms with E-state index in [1.54, 1.807) is 26.8 Å². The van der Waals surface area contributed by atoms with Gasteiger partial charge in [0.15, 0.2) is 5.03 Å². The molecular formula is C10H14N2O3S. The van der Waals surface area contributed by atoms with Crippen LogP contribution in [0.4, 0.5) is 0 Å². The Morgan fingerprint density at radius 3 is 2.56 bits per heavy atom. The SMILES string of the molecule is Cc1ccnc(S(=O)(=O)NC(=O)C(C)C)c1. The smallest absolute Gasteiger partial charge is 0.274 e. The number of aromatic nitrogens is 1. The standard InChI is InChI=1S/C10H14N2O3S/c1-7(2)10(13)12-16(14,15)9-6-8(3)4-5-11-9/h4-7H,1-3H3,(H,12,13). The molecular weight excluding hydrogens is 228 g/mol. The van der Waals surface area contributed by atoms with E-state index in [0.29, 0.717) is 0 Å². The van der Waals surface area contributed by atoms with Crippen molar-refractivity contribution in [3.63, 3.8) is 0 Å². The van der Waals surface area contributed by atoms with Gasteiger partial charge in [-0.1, -0.05) is 13.8 Å². The zero-order chi connectivity index (χ0) is 12.3. The van der Waals surface area contributed by atoms with Gasteiger partial charge in [-0.2, -0.15) is 8.42 Å². The average molecular weight is 242 g/mol. The highest BCUT2D eigenvalue weighted by molar-refractivity contribution is 7.90. The summed E-state index contributed by atoms with van der Waals surface area (Å²) in [5, 5.41) is -0.137. The van der Waals surface area contributed by atoms with Gasteiger partial charge in [0.1, 0.15) is 0 Å². The number of aryl methyl sites for hydroxylation is 1. The van der Waals surface area contributed by atoms with Gasteiger partial charge in [-0.15, -0.1) is 0 Å². The molecule has 1 aromatic rings. The molecule has 0 aliphatic carbocycles. The summed E-state index contributed by atoms with van der Waals surface area (Å²) in [6.07, 6.45) is 1.39. The molecule has 5 nitrogen and oxygen atoms in total. The summed E-state index contributed by atoms with van der Waals surface area (Å²) in [6, 6.07) is 3.10. The van der Waals surface area contributed by atoms with Gasteiger partial charge in [0.2, 0.25) is 5.91 Å². The summed E-state index contributed by atoms with van der Waals surface area (Å²) in [4.78, 5) is 15.0. The number of rotatable bonds is 3. The first-order valence-corrected chi connectivity index (χ1v) is 6.30. The first-order valence-electron chi connectivity index (χ1n) is 4.82. The summed E-state index contributed by atoms with van der Waals surface area (Å²) in [6.45, 7) is 4.99. The molecule has 16 heavy (non-hydrogen) atoms. The molecule has 1 rings (SSSR count). The molecule has 0 aliphatic rings. The maximum Gasteiger partial charge on any atom is 0.281 e. The minimum absolute atomic E-state index is 0.137. The Morgan fingerprint density at radius 1 is 1.44 bits per heavy atom. The van der Waals surface area contributed by atoms with E-state index in [1.165, 1.54) is 12.3 Å². The lowest BCUT2D eigenvalue weighted by molar-refractivity contribution is -0.122. The molecule has 0 aromatic carbocycles. The second-order valence-corrected chi connectivity index (χ2v) is 5.43. The van der Waals surface area contributed by atoms with Crippen LogP contribution in [0.5, 0.6) is 0 Å². The van der Waals surface area contributed by atoms with Gasteiger partial charge in [0.05, 0.1) is 0 Å². The molecule has 0 spiro atoms. The first-order chi connectivity index (χ1) is 7.33. The number of hydrogen-bond donors (Lipinski definition) is 1. The van der Waals surface area contributed by atoms with Crippen LogP contribution in [0.1, 0.15) is 19.4 Å². The predicted octanol–water partition coefficient (Wildman–Crippen LogP) is 0.851. The fourth-order valence-electron chi connectivity index (χ4n) is 0.958. The van der Waals surface area contributed by atoms with Crippen LogP contribution in [0, 0.1) is 12.8 Å². The third-order valence-electron chi connectivity index (χ3n) is 1.93. The number of sulfonamides is 1. The number of carbonyl (C=O) groups is 1. The number of nitrogens with one attached hydrogen (secondary N) is 1. The molecule has 0 atom stereocenters. The maximum absolute atomic E-state index is 11.7. The molecule has 88 valence electrons. The van der Waals surface area contributed by atoms with E-state index >= 15 is 0 Å². The van der Waals surface area contributed by atoms with E-state index < -0.39 is 15.9 Å². The summed E-state index contributed by atoms with van der Waals surface area (Å²) in [5.74, 6) is -0.928. The first kappa shape index (κ1) is 12.6. The lowest BCUT2D eigenvalue weighted by Crippen LogP contribution is -2.34. The van der Waals surface area contributed by atoms with Gasteiger partial charge in [0.25, 0.3) is 10.0 Å². The van der Waals surface area contributed by atoms with Crippen LogP contribution in [-0.4, -0.2) is 19.3 Å². The van der Waals surface area contributed by atoms with Gasteiger partial charge in [-0.05, 0) is 24.6 Å². The zero-order valence-corrected chi connectivity index (χ0v) is 10.2. The highest BCUT2D eigenvalue weighted by Gasteiger charge is 2.20. The zero-order valence-electron chi connectivity index (χ0n) is 9.39. The van der Waals surface area contributed by atoms with Crippen molar-refractivity contribution < 1.29 is 13.2 Å². The molecule has 0 bridgehead atoms. The minimum atomic E-state index is -3.84. The van der Waals surface area contributed by atoms with Crippen LogP contribution in [0.15, 0.2) is 23.4 Å². The molecule has 0 aliphatic heterocycles. The molecule has 1 heterocycles. The van der Waals surface area contributed by atoms with Gasteiger partial charge in [-0.3, -0.25) is 4.79 Å². The average Bonchev–Trinajstić information content (AvgIpc) is 2.17. The predicted molar refractivity (Wildman–Crippen MR) is 59.1 cm³/mol. The fraction of sp³-hybridized carbons (Fsp3) is 0.400. The highest BCUT2D eigenvalue weighted by atomic mass is 32.2. The van der Waals surface area contributed by atoms with Gasteiger partial charge < -0.3 is 0 Å². The summed E-state index contributed by atoms with van der Waals surface area (Å²) >= 11 is 0. The molecule has 0 fully saturated rings. The van der Waals surface area contributed by atoms with Crippen LogP contribution in [0.25, 0.3) is 0 Å². The molecule has 0 saturated heterocycles. The van der Waals surface area contributed by atoms with E-state index in [9.17, 15) is 13.2 Å². The third kappa shape index (κ3) is 3.03. The van der Waals surface area contributed by atoms with Crippen LogP contribution in [0.2, 0.25) is 0 Å². The van der Waals surface area contributed by atoms with Crippen LogP contribution < -0.4 is 4.72 Å². The molecule has 1 N–H and O–H groups in total. The number of amides is 1. The normalized spacial score (nSPS) is 11.5. The lowest BCUT2D eigenvalue weighted by atomic mass is 10.2. The second-order valence-electron chi connectivity index (χ2n) is 3.80.